The first-order valence-electron chi connectivity index (χ1n) is 9.01. The van der Waals surface area contributed by atoms with Gasteiger partial charge >= 0.3 is 0 Å². The van der Waals surface area contributed by atoms with Crippen molar-refractivity contribution in [3.8, 4) is 0 Å². The monoisotopic (exact) mass is 280 g/mol. The lowest BCUT2D eigenvalue weighted by Gasteiger charge is -2.28. The van der Waals surface area contributed by atoms with Gasteiger partial charge in [-0.15, -0.1) is 0 Å². The van der Waals surface area contributed by atoms with Gasteiger partial charge < -0.3 is 0 Å². The molecule has 112 valence electrons. The molecule has 0 spiro atoms. The van der Waals surface area contributed by atoms with Gasteiger partial charge in [-0.1, -0.05) is 49.3 Å². The Kier molecular flexibility index (Phi) is 3.44. The molecule has 0 aromatic rings. The van der Waals surface area contributed by atoms with Gasteiger partial charge in [-0.25, -0.2) is 0 Å². The molecular weight excluding hydrogens is 252 g/mol. The van der Waals surface area contributed by atoms with E-state index in [0.717, 1.165) is 23.7 Å². The van der Waals surface area contributed by atoms with E-state index >= 15 is 0 Å². The van der Waals surface area contributed by atoms with Crippen molar-refractivity contribution in [1.82, 2.24) is 0 Å². The number of rotatable bonds is 2. The molecule has 0 aromatic carbocycles. The summed E-state index contributed by atoms with van der Waals surface area (Å²) >= 11 is 0. The van der Waals surface area contributed by atoms with E-state index in [9.17, 15) is 0 Å². The zero-order chi connectivity index (χ0) is 14.4. The van der Waals surface area contributed by atoms with E-state index in [1.807, 2.05) is 0 Å². The van der Waals surface area contributed by atoms with Crippen LogP contribution in [0.3, 0.4) is 0 Å². The fourth-order valence-electron chi connectivity index (χ4n) is 4.91. The van der Waals surface area contributed by atoms with Crippen LogP contribution in [0.4, 0.5) is 0 Å². The quantitative estimate of drug-likeness (QED) is 0.583. The highest BCUT2D eigenvalue weighted by Gasteiger charge is 2.31. The van der Waals surface area contributed by atoms with Gasteiger partial charge in [0.15, 0.2) is 0 Å². The molecule has 4 unspecified atom stereocenters. The Morgan fingerprint density at radius 1 is 0.810 bits per heavy atom. The largest absolute Gasteiger partial charge is 0.0770 e. The molecule has 0 saturated carbocycles. The molecule has 0 amide bonds. The van der Waals surface area contributed by atoms with Gasteiger partial charge in [0, 0.05) is 0 Å². The molecule has 4 aliphatic carbocycles. The van der Waals surface area contributed by atoms with E-state index in [-0.39, 0.29) is 0 Å². The second kappa shape index (κ2) is 5.30. The first-order valence-corrected chi connectivity index (χ1v) is 9.01. The maximum absolute atomic E-state index is 2.52. The van der Waals surface area contributed by atoms with Crippen molar-refractivity contribution in [3.63, 3.8) is 0 Å². The molecular formula is C21H28. The molecule has 0 aromatic heterocycles. The van der Waals surface area contributed by atoms with Crippen LogP contribution in [-0.4, -0.2) is 0 Å². The van der Waals surface area contributed by atoms with Gasteiger partial charge in [-0.3, -0.25) is 0 Å². The van der Waals surface area contributed by atoms with E-state index in [2.05, 4.69) is 38.2 Å². The molecule has 0 fully saturated rings. The standard InChI is InChI=1S/C21H28/c1-14-3-5-16-7-9-18(20(16)11-14)13-19-10-8-17-6-4-15(2)12-21(17)19/h7-10,14-15,18-19H,3-6,11-13H2,1-2H3. The van der Waals surface area contributed by atoms with Crippen molar-refractivity contribution in [3.05, 3.63) is 46.6 Å². The molecule has 0 N–H and O–H groups in total. The van der Waals surface area contributed by atoms with Crippen molar-refractivity contribution in [2.45, 2.75) is 58.8 Å². The lowest BCUT2D eigenvalue weighted by atomic mass is 9.76. The average Bonchev–Trinajstić information content (AvgIpc) is 3.04. The zero-order valence-corrected chi connectivity index (χ0v) is 13.6. The lowest BCUT2D eigenvalue weighted by Crippen LogP contribution is -2.15. The van der Waals surface area contributed by atoms with Crippen molar-refractivity contribution < 1.29 is 0 Å². The molecule has 0 aliphatic heterocycles. The summed E-state index contributed by atoms with van der Waals surface area (Å²) in [6.45, 7) is 4.86. The van der Waals surface area contributed by atoms with Gasteiger partial charge in [-0.05, 0) is 79.8 Å². The average molecular weight is 280 g/mol. The second-order valence-corrected chi connectivity index (χ2v) is 7.96. The summed E-state index contributed by atoms with van der Waals surface area (Å²) in [6.07, 6.45) is 19.4. The Hall–Kier alpha value is -1.04. The Labute approximate surface area is 129 Å². The van der Waals surface area contributed by atoms with Crippen molar-refractivity contribution in [2.24, 2.45) is 23.7 Å². The van der Waals surface area contributed by atoms with Gasteiger partial charge in [0.1, 0.15) is 0 Å². The van der Waals surface area contributed by atoms with Crippen LogP contribution in [0.5, 0.6) is 0 Å². The number of hydrogen-bond donors (Lipinski definition) is 0. The molecule has 4 rings (SSSR count). The summed E-state index contributed by atoms with van der Waals surface area (Å²) in [5, 5.41) is 0. The Morgan fingerprint density at radius 2 is 1.29 bits per heavy atom. The Bertz CT molecular complexity index is 505. The fraction of sp³-hybridized carbons (Fsp3) is 0.619. The van der Waals surface area contributed by atoms with Crippen LogP contribution in [0.1, 0.15) is 58.8 Å². The van der Waals surface area contributed by atoms with Crippen LogP contribution in [0.2, 0.25) is 0 Å². The summed E-state index contributed by atoms with van der Waals surface area (Å²) < 4.78 is 0. The predicted molar refractivity (Wildman–Crippen MR) is 90.0 cm³/mol. The van der Waals surface area contributed by atoms with Crippen LogP contribution in [0.15, 0.2) is 46.6 Å². The molecule has 0 saturated heterocycles. The fourth-order valence-corrected chi connectivity index (χ4v) is 4.91. The third kappa shape index (κ3) is 2.47. The number of hydrogen-bond acceptors (Lipinski definition) is 0. The molecule has 0 nitrogen and oxygen atoms in total. The van der Waals surface area contributed by atoms with E-state index in [1.165, 1.54) is 44.9 Å². The SMILES string of the molecule is CC1CCC2=C(C1)C(CC1C=CC3=C1CC(C)CC3)C=C2. The van der Waals surface area contributed by atoms with Crippen molar-refractivity contribution in [2.75, 3.05) is 0 Å². The van der Waals surface area contributed by atoms with E-state index in [1.54, 1.807) is 22.3 Å². The molecule has 0 radical (unpaired) electrons. The minimum atomic E-state index is 0.737. The Balaban J connectivity index is 1.50. The van der Waals surface area contributed by atoms with Crippen LogP contribution in [0, 0.1) is 23.7 Å². The minimum Gasteiger partial charge on any atom is -0.0770 e. The topological polar surface area (TPSA) is 0 Å². The molecule has 4 atom stereocenters. The molecule has 21 heavy (non-hydrogen) atoms. The third-order valence-corrected chi connectivity index (χ3v) is 6.24. The second-order valence-electron chi connectivity index (χ2n) is 7.96. The van der Waals surface area contributed by atoms with Crippen LogP contribution >= 0.6 is 0 Å². The number of allylic oxidation sites excluding steroid dienone is 8. The summed E-state index contributed by atoms with van der Waals surface area (Å²) in [7, 11) is 0. The first kappa shape index (κ1) is 13.6. The van der Waals surface area contributed by atoms with Crippen LogP contribution in [-0.2, 0) is 0 Å². The highest BCUT2D eigenvalue weighted by atomic mass is 14.4. The summed E-state index contributed by atoms with van der Waals surface area (Å²) in [6, 6.07) is 0. The maximum Gasteiger partial charge on any atom is -0.000544 e. The lowest BCUT2D eigenvalue weighted by molar-refractivity contribution is 0.441. The summed E-state index contributed by atoms with van der Waals surface area (Å²) in [5.41, 5.74) is 6.96. The molecule has 4 aliphatic rings. The smallest absolute Gasteiger partial charge is 0.000544 e. The molecule has 0 bridgehead atoms. The zero-order valence-electron chi connectivity index (χ0n) is 13.6. The third-order valence-electron chi connectivity index (χ3n) is 6.24. The van der Waals surface area contributed by atoms with Crippen LogP contribution < -0.4 is 0 Å². The normalized spacial score (nSPS) is 38.2. The van der Waals surface area contributed by atoms with Crippen molar-refractivity contribution in [1.29, 1.82) is 0 Å². The van der Waals surface area contributed by atoms with Crippen LogP contribution in [0.25, 0.3) is 0 Å². The minimum absolute atomic E-state index is 0.737. The molecule has 0 heterocycles. The summed E-state index contributed by atoms with van der Waals surface area (Å²) in [4.78, 5) is 0. The van der Waals surface area contributed by atoms with Crippen molar-refractivity contribution >= 4 is 0 Å². The van der Waals surface area contributed by atoms with E-state index in [4.69, 9.17) is 0 Å². The van der Waals surface area contributed by atoms with E-state index in [0.29, 0.717) is 0 Å². The van der Waals surface area contributed by atoms with Gasteiger partial charge in [0.05, 0.1) is 0 Å². The van der Waals surface area contributed by atoms with E-state index < -0.39 is 0 Å². The maximum atomic E-state index is 2.52. The van der Waals surface area contributed by atoms with Gasteiger partial charge in [0.25, 0.3) is 0 Å². The predicted octanol–water partition coefficient (Wildman–Crippen LogP) is 5.98. The molecule has 0 heteroatoms. The van der Waals surface area contributed by atoms with Gasteiger partial charge in [-0.2, -0.15) is 0 Å². The highest BCUT2D eigenvalue weighted by Crippen LogP contribution is 2.46. The Morgan fingerprint density at radius 3 is 1.76 bits per heavy atom. The summed E-state index contributed by atoms with van der Waals surface area (Å²) in [5.74, 6) is 3.27. The van der Waals surface area contributed by atoms with Gasteiger partial charge in [0.2, 0.25) is 0 Å². The highest BCUT2D eigenvalue weighted by molar-refractivity contribution is 5.42. The first-order chi connectivity index (χ1) is 10.2.